The van der Waals surface area contributed by atoms with Crippen molar-refractivity contribution in [2.75, 3.05) is 5.32 Å². The normalized spacial score (nSPS) is 12.0. The number of para-hydroxylation sites is 1. The second-order valence-corrected chi connectivity index (χ2v) is 4.97. The topological polar surface area (TPSA) is 84.5 Å². The van der Waals surface area contributed by atoms with Crippen molar-refractivity contribution >= 4 is 17.2 Å². The first kappa shape index (κ1) is 14.1. The molecule has 0 saturated heterocycles. The first-order valence-electron chi connectivity index (χ1n) is 7.01. The Balaban J connectivity index is 1.81. The molecule has 6 nitrogen and oxygen atoms in total. The van der Waals surface area contributed by atoms with E-state index in [2.05, 4.69) is 15.7 Å². The molecule has 1 unspecified atom stereocenters. The van der Waals surface area contributed by atoms with E-state index < -0.39 is 6.04 Å². The number of nitrogens with one attached hydrogen (secondary N) is 2. The van der Waals surface area contributed by atoms with Crippen molar-refractivity contribution in [2.45, 2.75) is 12.5 Å². The maximum atomic E-state index is 12.0. The van der Waals surface area contributed by atoms with E-state index in [0.717, 1.165) is 17.0 Å². The number of anilines is 1. The lowest BCUT2D eigenvalue weighted by molar-refractivity contribution is -0.121. The van der Waals surface area contributed by atoms with Crippen LogP contribution in [0.4, 0.5) is 5.69 Å². The average Bonchev–Trinajstić information content (AvgIpc) is 2.97. The van der Waals surface area contributed by atoms with Crippen molar-refractivity contribution in [3.05, 3.63) is 66.6 Å². The summed E-state index contributed by atoms with van der Waals surface area (Å²) >= 11 is 0. The van der Waals surface area contributed by atoms with Crippen molar-refractivity contribution in [3.8, 4) is 0 Å². The van der Waals surface area contributed by atoms with Gasteiger partial charge in [0.2, 0.25) is 0 Å². The summed E-state index contributed by atoms with van der Waals surface area (Å²) in [6.45, 7) is 0. The van der Waals surface area contributed by atoms with Crippen LogP contribution in [-0.4, -0.2) is 21.3 Å². The van der Waals surface area contributed by atoms with Crippen LogP contribution in [-0.2, 0) is 11.2 Å². The van der Waals surface area contributed by atoms with Crippen LogP contribution in [0.2, 0.25) is 0 Å². The number of nitrogens with zero attached hydrogens (tertiary/aromatic N) is 2. The van der Waals surface area contributed by atoms with E-state index in [4.69, 9.17) is 5.84 Å². The van der Waals surface area contributed by atoms with Gasteiger partial charge in [-0.05, 0) is 24.3 Å². The molecule has 0 aliphatic carbocycles. The number of carbonyl (C=O) groups excluding carboxylic acids is 1. The molecule has 22 heavy (non-hydrogen) atoms. The molecule has 3 aromatic rings. The number of hydrogen-bond donors (Lipinski definition) is 3. The van der Waals surface area contributed by atoms with Gasteiger partial charge in [0.25, 0.3) is 5.91 Å². The van der Waals surface area contributed by atoms with Crippen molar-refractivity contribution in [1.82, 2.24) is 14.8 Å². The number of nitrogens with two attached hydrogens (primary N) is 1. The molecule has 0 radical (unpaired) electrons. The van der Waals surface area contributed by atoms with Gasteiger partial charge in [-0.1, -0.05) is 24.3 Å². The minimum absolute atomic E-state index is 0.277. The van der Waals surface area contributed by atoms with Crippen LogP contribution in [0.25, 0.3) is 5.65 Å². The van der Waals surface area contributed by atoms with Crippen LogP contribution in [0, 0.1) is 0 Å². The lowest BCUT2D eigenvalue weighted by Gasteiger charge is -2.17. The Bertz CT molecular complexity index is 735. The van der Waals surface area contributed by atoms with Gasteiger partial charge in [-0.3, -0.25) is 10.2 Å². The van der Waals surface area contributed by atoms with E-state index in [-0.39, 0.29) is 5.91 Å². The maximum absolute atomic E-state index is 12.0. The Morgan fingerprint density at radius 2 is 1.95 bits per heavy atom. The van der Waals surface area contributed by atoms with Gasteiger partial charge in [-0.25, -0.2) is 10.8 Å². The smallest absolute Gasteiger partial charge is 0.256 e. The zero-order valence-electron chi connectivity index (χ0n) is 11.9. The first-order chi connectivity index (χ1) is 10.8. The van der Waals surface area contributed by atoms with E-state index in [9.17, 15) is 4.79 Å². The molecule has 0 fully saturated rings. The SMILES string of the molecule is NNC(=O)C(Cc1cn2ccccc2n1)Nc1ccccc1. The predicted molar refractivity (Wildman–Crippen MR) is 85.1 cm³/mol. The highest BCUT2D eigenvalue weighted by atomic mass is 16.2. The van der Waals surface area contributed by atoms with Crippen LogP contribution < -0.4 is 16.6 Å². The third-order valence-electron chi connectivity index (χ3n) is 3.40. The van der Waals surface area contributed by atoms with Gasteiger partial charge >= 0.3 is 0 Å². The number of fused-ring (bicyclic) bond motifs is 1. The Morgan fingerprint density at radius 3 is 2.68 bits per heavy atom. The third kappa shape index (κ3) is 3.07. The molecular formula is C16H17N5O. The van der Waals surface area contributed by atoms with Gasteiger partial charge in [-0.2, -0.15) is 0 Å². The zero-order chi connectivity index (χ0) is 15.4. The van der Waals surface area contributed by atoms with E-state index in [0.29, 0.717) is 6.42 Å². The Hall–Kier alpha value is -2.86. The molecule has 0 aliphatic rings. The van der Waals surface area contributed by atoms with Crippen molar-refractivity contribution in [3.63, 3.8) is 0 Å². The minimum Gasteiger partial charge on any atom is -0.373 e. The standard InChI is InChI=1S/C16H17N5O/c17-20-16(22)14(18-12-6-2-1-3-7-12)10-13-11-21-9-5-4-8-15(21)19-13/h1-9,11,14,18H,10,17H2,(H,20,22). The largest absolute Gasteiger partial charge is 0.373 e. The monoisotopic (exact) mass is 295 g/mol. The van der Waals surface area contributed by atoms with Crippen LogP contribution in [0.1, 0.15) is 5.69 Å². The maximum Gasteiger partial charge on any atom is 0.256 e. The summed E-state index contributed by atoms with van der Waals surface area (Å²) < 4.78 is 1.93. The molecule has 0 saturated carbocycles. The second-order valence-electron chi connectivity index (χ2n) is 4.97. The molecular weight excluding hydrogens is 278 g/mol. The van der Waals surface area contributed by atoms with Crippen molar-refractivity contribution in [2.24, 2.45) is 5.84 Å². The number of pyridine rings is 1. The lowest BCUT2D eigenvalue weighted by Crippen LogP contribution is -2.44. The van der Waals surface area contributed by atoms with Crippen molar-refractivity contribution < 1.29 is 4.79 Å². The van der Waals surface area contributed by atoms with E-state index in [1.54, 1.807) is 0 Å². The van der Waals surface area contributed by atoms with Crippen LogP contribution in [0.15, 0.2) is 60.9 Å². The summed E-state index contributed by atoms with van der Waals surface area (Å²) in [4.78, 5) is 16.5. The lowest BCUT2D eigenvalue weighted by atomic mass is 10.1. The minimum atomic E-state index is -0.489. The van der Waals surface area contributed by atoms with Crippen LogP contribution >= 0.6 is 0 Å². The molecule has 2 aromatic heterocycles. The third-order valence-corrected chi connectivity index (χ3v) is 3.40. The second kappa shape index (κ2) is 6.28. The number of rotatable bonds is 5. The summed E-state index contributed by atoms with van der Waals surface area (Å²) in [5, 5.41) is 3.18. The number of carbonyl (C=O) groups is 1. The summed E-state index contributed by atoms with van der Waals surface area (Å²) in [5.41, 5.74) is 4.74. The van der Waals surface area contributed by atoms with E-state index in [1.165, 1.54) is 0 Å². The Labute approximate surface area is 127 Å². The number of aromatic nitrogens is 2. The van der Waals surface area contributed by atoms with Gasteiger partial charge in [0.15, 0.2) is 0 Å². The number of amides is 1. The highest BCUT2D eigenvalue weighted by Crippen LogP contribution is 2.12. The summed E-state index contributed by atoms with van der Waals surface area (Å²) in [6, 6.07) is 14.8. The first-order valence-corrected chi connectivity index (χ1v) is 7.01. The summed E-state index contributed by atoms with van der Waals surface area (Å²) in [6.07, 6.45) is 4.28. The molecule has 3 rings (SSSR count). The molecule has 6 heteroatoms. The fourth-order valence-electron chi connectivity index (χ4n) is 2.34. The fourth-order valence-corrected chi connectivity index (χ4v) is 2.34. The summed E-state index contributed by atoms with van der Waals surface area (Å²) in [5.74, 6) is 5.01. The molecule has 0 bridgehead atoms. The average molecular weight is 295 g/mol. The summed E-state index contributed by atoms with van der Waals surface area (Å²) in [7, 11) is 0. The van der Waals surface area contributed by atoms with Crippen LogP contribution in [0.3, 0.4) is 0 Å². The highest BCUT2D eigenvalue weighted by molar-refractivity contribution is 5.84. The van der Waals surface area contributed by atoms with Crippen molar-refractivity contribution in [1.29, 1.82) is 0 Å². The molecule has 1 atom stereocenters. The van der Waals surface area contributed by atoms with Gasteiger partial charge in [0.05, 0.1) is 5.69 Å². The van der Waals surface area contributed by atoms with E-state index >= 15 is 0 Å². The predicted octanol–water partition coefficient (Wildman–Crippen LogP) is 1.35. The van der Waals surface area contributed by atoms with Gasteiger partial charge < -0.3 is 9.72 Å². The van der Waals surface area contributed by atoms with Gasteiger partial charge in [0.1, 0.15) is 11.7 Å². The molecule has 4 N–H and O–H groups in total. The number of imidazole rings is 1. The van der Waals surface area contributed by atoms with E-state index in [1.807, 2.05) is 65.3 Å². The molecule has 1 amide bonds. The number of hydrazine groups is 1. The quantitative estimate of drug-likeness (QED) is 0.377. The molecule has 1 aromatic carbocycles. The zero-order valence-corrected chi connectivity index (χ0v) is 11.9. The Kier molecular flexibility index (Phi) is 4.02. The molecule has 0 spiro atoms. The Morgan fingerprint density at radius 1 is 1.18 bits per heavy atom. The fraction of sp³-hybridized carbons (Fsp3) is 0.125. The van der Waals surface area contributed by atoms with Crippen LogP contribution in [0.5, 0.6) is 0 Å². The molecule has 112 valence electrons. The van der Waals surface area contributed by atoms with Gasteiger partial charge in [-0.15, -0.1) is 0 Å². The molecule has 2 heterocycles. The highest BCUT2D eigenvalue weighted by Gasteiger charge is 2.19. The number of hydrogen-bond acceptors (Lipinski definition) is 4. The van der Waals surface area contributed by atoms with Gasteiger partial charge in [0, 0.05) is 24.5 Å². The molecule has 0 aliphatic heterocycles. The number of benzene rings is 1.